The van der Waals surface area contributed by atoms with E-state index >= 15 is 0 Å². The third-order valence-electron chi connectivity index (χ3n) is 6.63. The van der Waals surface area contributed by atoms with Crippen LogP contribution in [0.4, 0.5) is 13.2 Å². The molecule has 3 N–H and O–H groups in total. The second-order valence-corrected chi connectivity index (χ2v) is 10.6. The molecule has 0 bridgehead atoms. The summed E-state index contributed by atoms with van der Waals surface area (Å²) < 4.78 is 46.4. The monoisotopic (exact) mass is 680 g/mol. The summed E-state index contributed by atoms with van der Waals surface area (Å²) in [6.45, 7) is -0.257. The number of amides is 2. The Morgan fingerprint density at radius 2 is 1.66 bits per heavy atom. The summed E-state index contributed by atoms with van der Waals surface area (Å²) in [7, 11) is 0. The van der Waals surface area contributed by atoms with Crippen molar-refractivity contribution in [2.24, 2.45) is 0 Å². The molecule has 3 aromatic rings. The fourth-order valence-electron chi connectivity index (χ4n) is 4.55. The fraction of sp³-hybridized carbons (Fsp3) is 0.267. The number of carbonyl (C=O) groups excluding carboxylic acids is 2. The highest BCUT2D eigenvalue weighted by Crippen LogP contribution is 2.32. The predicted molar refractivity (Wildman–Crippen MR) is 154 cm³/mol. The molecular weight excluding hydrogens is 652 g/mol. The molecule has 3 atom stereocenters. The molecule has 0 unspecified atom stereocenters. The van der Waals surface area contributed by atoms with Crippen LogP contribution in [0.2, 0.25) is 0 Å². The first-order chi connectivity index (χ1) is 19.6. The molecule has 0 heterocycles. The van der Waals surface area contributed by atoms with Crippen molar-refractivity contribution in [1.82, 2.24) is 10.2 Å². The molecule has 4 rings (SSSR count). The topological polar surface area (TPSA) is 99.1 Å². The molecule has 1 aliphatic carbocycles. The van der Waals surface area contributed by atoms with Gasteiger partial charge in [0.15, 0.2) is 0 Å². The van der Waals surface area contributed by atoms with E-state index < -0.39 is 41.8 Å². The summed E-state index contributed by atoms with van der Waals surface area (Å²) in [5, 5.41) is 23.3. The van der Waals surface area contributed by atoms with E-state index in [2.05, 4.69) is 27.9 Å². The number of para-hydroxylation sites is 1. The molecule has 41 heavy (non-hydrogen) atoms. The number of alkyl halides is 3. The van der Waals surface area contributed by atoms with Gasteiger partial charge in [-0.2, -0.15) is 13.2 Å². The molecule has 0 fully saturated rings. The number of rotatable bonds is 9. The van der Waals surface area contributed by atoms with Crippen LogP contribution in [-0.2, 0) is 17.5 Å². The van der Waals surface area contributed by atoms with Gasteiger partial charge >= 0.3 is 6.18 Å². The van der Waals surface area contributed by atoms with Gasteiger partial charge in [-0.15, -0.1) is 0 Å². The van der Waals surface area contributed by atoms with Gasteiger partial charge < -0.3 is 25.2 Å². The maximum absolute atomic E-state index is 13.9. The third-order valence-corrected chi connectivity index (χ3v) is 7.52. The van der Waals surface area contributed by atoms with Crippen LogP contribution >= 0.6 is 22.6 Å². The lowest BCUT2D eigenvalue weighted by molar-refractivity contribution is -0.137. The Morgan fingerprint density at radius 1 is 1.00 bits per heavy atom. The van der Waals surface area contributed by atoms with Crippen LogP contribution in [0.25, 0.3) is 0 Å². The standard InChI is InChI=1S/C30H28F3IN2O5/c31-30(32,33)22-12-10-20(11-13-22)29(40)36(18-19-6-2-1-3-7-19)24-16-21(28(39)35-14-15-37)17-26(27(24)38)41-25-9-5-4-8-23(25)34/h1-13,17,24,26-27,37-38H,14-16,18H2,(H,35,39)/t24-,26+,27+/m1/s1. The Labute approximate surface area is 248 Å². The van der Waals surface area contributed by atoms with Crippen LogP contribution < -0.4 is 10.1 Å². The van der Waals surface area contributed by atoms with Gasteiger partial charge in [-0.3, -0.25) is 9.59 Å². The second-order valence-electron chi connectivity index (χ2n) is 9.44. The first-order valence-corrected chi connectivity index (χ1v) is 13.9. The molecule has 7 nitrogen and oxygen atoms in total. The summed E-state index contributed by atoms with van der Waals surface area (Å²) >= 11 is 2.08. The van der Waals surface area contributed by atoms with E-state index in [1.54, 1.807) is 42.5 Å². The van der Waals surface area contributed by atoms with Gasteiger partial charge in [-0.1, -0.05) is 42.5 Å². The molecule has 1 aliphatic rings. The van der Waals surface area contributed by atoms with Crippen LogP contribution in [0.1, 0.15) is 27.9 Å². The number of hydrogen-bond acceptors (Lipinski definition) is 5. The van der Waals surface area contributed by atoms with E-state index in [9.17, 15) is 33.0 Å². The Balaban J connectivity index is 1.73. The highest BCUT2D eigenvalue weighted by atomic mass is 127. The van der Waals surface area contributed by atoms with Gasteiger partial charge in [0.25, 0.3) is 5.91 Å². The van der Waals surface area contributed by atoms with Crippen molar-refractivity contribution in [2.75, 3.05) is 13.2 Å². The maximum Gasteiger partial charge on any atom is 0.416 e. The number of carbonyl (C=O) groups is 2. The summed E-state index contributed by atoms with van der Waals surface area (Å²) in [6, 6.07) is 19.0. The minimum atomic E-state index is -4.56. The number of benzene rings is 3. The number of aliphatic hydroxyl groups is 2. The van der Waals surface area contributed by atoms with E-state index in [1.165, 1.54) is 11.0 Å². The molecule has 0 aliphatic heterocycles. The van der Waals surface area contributed by atoms with E-state index in [4.69, 9.17) is 4.74 Å². The number of hydrogen-bond donors (Lipinski definition) is 3. The van der Waals surface area contributed by atoms with Gasteiger partial charge in [0.1, 0.15) is 18.0 Å². The number of nitrogens with one attached hydrogen (secondary N) is 1. The normalized spacial score (nSPS) is 18.8. The first kappa shape index (κ1) is 30.5. The molecule has 0 radical (unpaired) electrons. The average Bonchev–Trinajstić information content (AvgIpc) is 2.96. The zero-order valence-corrected chi connectivity index (χ0v) is 23.9. The molecule has 0 spiro atoms. The molecule has 0 aromatic heterocycles. The Bertz CT molecular complexity index is 1380. The molecule has 3 aromatic carbocycles. The lowest BCUT2D eigenvalue weighted by Gasteiger charge is -2.40. The largest absolute Gasteiger partial charge is 0.482 e. The van der Waals surface area contributed by atoms with Gasteiger partial charge in [0, 0.05) is 30.6 Å². The SMILES string of the molecule is O=C(NCCO)C1=C[C@H](Oc2ccccc2I)[C@@H](O)[C@H](N(Cc2ccccc2)C(=O)c2ccc(C(F)(F)F)cc2)C1. The van der Waals surface area contributed by atoms with Crippen molar-refractivity contribution in [2.45, 2.75) is 37.4 Å². The van der Waals surface area contributed by atoms with Crippen LogP contribution in [-0.4, -0.2) is 58.3 Å². The lowest BCUT2D eigenvalue weighted by Crippen LogP contribution is -2.54. The highest BCUT2D eigenvalue weighted by molar-refractivity contribution is 14.1. The number of nitrogens with zero attached hydrogens (tertiary/aromatic N) is 1. The summed E-state index contributed by atoms with van der Waals surface area (Å²) in [5.41, 5.74) is 0.0638. The second kappa shape index (κ2) is 13.5. The molecular formula is C30H28F3IN2O5. The predicted octanol–water partition coefficient (Wildman–Crippen LogP) is 4.57. The summed E-state index contributed by atoms with van der Waals surface area (Å²) in [6.07, 6.45) is -5.43. The van der Waals surface area contributed by atoms with Gasteiger partial charge in [-0.25, -0.2) is 0 Å². The number of ether oxygens (including phenoxy) is 1. The van der Waals surface area contributed by atoms with Gasteiger partial charge in [0.2, 0.25) is 5.91 Å². The minimum Gasteiger partial charge on any atom is -0.482 e. The summed E-state index contributed by atoms with van der Waals surface area (Å²) in [4.78, 5) is 28.2. The quantitative estimate of drug-likeness (QED) is 0.288. The van der Waals surface area contributed by atoms with Crippen LogP contribution in [0.15, 0.2) is 90.5 Å². The Kier molecular flexibility index (Phi) is 10.1. The van der Waals surface area contributed by atoms with Crippen molar-refractivity contribution < 1.29 is 37.7 Å². The van der Waals surface area contributed by atoms with Crippen molar-refractivity contribution in [3.63, 3.8) is 0 Å². The van der Waals surface area contributed by atoms with Crippen LogP contribution in [0.5, 0.6) is 5.75 Å². The maximum atomic E-state index is 13.9. The van der Waals surface area contributed by atoms with Crippen molar-refractivity contribution in [3.8, 4) is 5.75 Å². The van der Waals surface area contributed by atoms with Crippen LogP contribution in [0.3, 0.4) is 0 Å². The van der Waals surface area contributed by atoms with E-state index in [-0.39, 0.29) is 37.3 Å². The summed E-state index contributed by atoms with van der Waals surface area (Å²) in [5.74, 6) is -0.640. The zero-order valence-electron chi connectivity index (χ0n) is 21.7. The van der Waals surface area contributed by atoms with Gasteiger partial charge in [0.05, 0.1) is 21.8 Å². The van der Waals surface area contributed by atoms with Gasteiger partial charge in [-0.05, 0) is 70.6 Å². The Morgan fingerprint density at radius 3 is 2.29 bits per heavy atom. The van der Waals surface area contributed by atoms with Crippen molar-refractivity contribution in [1.29, 1.82) is 0 Å². The zero-order chi connectivity index (χ0) is 29.6. The molecule has 216 valence electrons. The fourth-order valence-corrected chi connectivity index (χ4v) is 5.07. The van der Waals surface area contributed by atoms with Crippen molar-refractivity contribution in [3.05, 3.63) is 111 Å². The number of aliphatic hydroxyl groups excluding tert-OH is 2. The lowest BCUT2D eigenvalue weighted by atomic mass is 9.87. The molecule has 2 amide bonds. The third kappa shape index (κ3) is 7.66. The van der Waals surface area contributed by atoms with E-state index in [0.29, 0.717) is 5.75 Å². The van der Waals surface area contributed by atoms with E-state index in [0.717, 1.165) is 33.4 Å². The minimum absolute atomic E-state index is 0.00274. The molecule has 0 saturated carbocycles. The van der Waals surface area contributed by atoms with Crippen molar-refractivity contribution >= 4 is 34.4 Å². The highest BCUT2D eigenvalue weighted by Gasteiger charge is 2.41. The number of halogens is 4. The van der Waals surface area contributed by atoms with Crippen LogP contribution in [0, 0.1) is 3.57 Å². The average molecular weight is 680 g/mol. The Hall–Kier alpha value is -3.42. The smallest absolute Gasteiger partial charge is 0.416 e. The molecule has 11 heteroatoms. The molecule has 0 saturated heterocycles. The van der Waals surface area contributed by atoms with E-state index in [1.807, 2.05) is 12.1 Å². The first-order valence-electron chi connectivity index (χ1n) is 12.8.